The molecule has 1 saturated carbocycles. The molecule has 4 rings (SSSR count). The SMILES string of the molecule is CN=C(NCc1ccc(OCC2CC2)nc1)NCC1Cc2ccccc2O1. The van der Waals surface area contributed by atoms with Gasteiger partial charge in [-0.05, 0) is 36.0 Å². The fourth-order valence-electron chi connectivity index (χ4n) is 3.07. The van der Waals surface area contributed by atoms with Crippen LogP contribution in [-0.4, -0.2) is 37.2 Å². The van der Waals surface area contributed by atoms with Crippen LogP contribution in [0.4, 0.5) is 0 Å². The van der Waals surface area contributed by atoms with E-state index >= 15 is 0 Å². The standard InChI is InChI=1S/C21H26N4O2/c1-22-21(25-13-18-10-17-4-2-3-5-19(17)27-18)24-12-16-8-9-20(23-11-16)26-14-15-6-7-15/h2-5,8-9,11,15,18H,6-7,10,12-14H2,1H3,(H2,22,24,25). The maximum Gasteiger partial charge on any atom is 0.213 e. The molecule has 6 nitrogen and oxygen atoms in total. The third-order valence-corrected chi connectivity index (χ3v) is 4.86. The van der Waals surface area contributed by atoms with Gasteiger partial charge in [0.15, 0.2) is 5.96 Å². The number of fused-ring (bicyclic) bond motifs is 1. The first kappa shape index (κ1) is 17.6. The van der Waals surface area contributed by atoms with Gasteiger partial charge in [-0.2, -0.15) is 0 Å². The highest BCUT2D eigenvalue weighted by Gasteiger charge is 2.23. The molecule has 2 N–H and O–H groups in total. The summed E-state index contributed by atoms with van der Waals surface area (Å²) in [5.41, 5.74) is 2.35. The van der Waals surface area contributed by atoms with E-state index in [4.69, 9.17) is 9.47 Å². The first-order valence-electron chi connectivity index (χ1n) is 9.57. The Hall–Kier alpha value is -2.76. The van der Waals surface area contributed by atoms with Crippen LogP contribution in [0.25, 0.3) is 0 Å². The molecule has 1 aromatic heterocycles. The van der Waals surface area contributed by atoms with Crippen LogP contribution in [0.15, 0.2) is 47.6 Å². The minimum Gasteiger partial charge on any atom is -0.488 e. The molecule has 1 atom stereocenters. The van der Waals surface area contributed by atoms with Crippen molar-refractivity contribution in [1.82, 2.24) is 15.6 Å². The number of aliphatic imine (C=N–C) groups is 1. The third kappa shape index (κ3) is 4.90. The number of pyridine rings is 1. The molecule has 0 saturated heterocycles. The monoisotopic (exact) mass is 366 g/mol. The van der Waals surface area contributed by atoms with Gasteiger partial charge in [-0.1, -0.05) is 24.3 Å². The average molecular weight is 366 g/mol. The van der Waals surface area contributed by atoms with Gasteiger partial charge >= 0.3 is 0 Å². The Balaban J connectivity index is 1.20. The Morgan fingerprint density at radius 2 is 2.11 bits per heavy atom. The van der Waals surface area contributed by atoms with Crippen molar-refractivity contribution < 1.29 is 9.47 Å². The molecular formula is C21H26N4O2. The summed E-state index contributed by atoms with van der Waals surface area (Å²) < 4.78 is 11.6. The number of ether oxygens (including phenoxy) is 2. The van der Waals surface area contributed by atoms with Crippen LogP contribution in [0.2, 0.25) is 0 Å². The molecule has 0 bridgehead atoms. The molecule has 1 unspecified atom stereocenters. The molecule has 142 valence electrons. The van der Waals surface area contributed by atoms with Crippen molar-refractivity contribution in [3.63, 3.8) is 0 Å². The summed E-state index contributed by atoms with van der Waals surface area (Å²) >= 11 is 0. The van der Waals surface area contributed by atoms with Crippen molar-refractivity contribution in [3.8, 4) is 11.6 Å². The molecule has 2 aromatic rings. The predicted octanol–water partition coefficient (Wildman–Crippen LogP) is 2.54. The molecule has 0 amide bonds. The number of nitrogens with one attached hydrogen (secondary N) is 2. The number of benzene rings is 1. The Labute approximate surface area is 160 Å². The number of para-hydroxylation sites is 1. The quantitative estimate of drug-likeness (QED) is 0.582. The lowest BCUT2D eigenvalue weighted by atomic mass is 10.1. The minimum absolute atomic E-state index is 0.130. The van der Waals surface area contributed by atoms with Gasteiger partial charge in [0.1, 0.15) is 11.9 Å². The lowest BCUT2D eigenvalue weighted by Gasteiger charge is -2.15. The van der Waals surface area contributed by atoms with Crippen molar-refractivity contribution in [2.45, 2.75) is 31.9 Å². The van der Waals surface area contributed by atoms with Crippen molar-refractivity contribution in [1.29, 1.82) is 0 Å². The average Bonchev–Trinajstić information content (AvgIpc) is 3.44. The third-order valence-electron chi connectivity index (χ3n) is 4.86. The van der Waals surface area contributed by atoms with Crippen LogP contribution in [0.5, 0.6) is 11.6 Å². The van der Waals surface area contributed by atoms with Crippen LogP contribution in [0, 0.1) is 5.92 Å². The minimum atomic E-state index is 0.130. The number of aromatic nitrogens is 1. The first-order chi connectivity index (χ1) is 13.3. The summed E-state index contributed by atoms with van der Waals surface area (Å²) in [5, 5.41) is 6.65. The van der Waals surface area contributed by atoms with E-state index in [9.17, 15) is 0 Å². The Morgan fingerprint density at radius 3 is 2.85 bits per heavy atom. The van der Waals surface area contributed by atoms with Gasteiger partial charge in [-0.25, -0.2) is 4.98 Å². The smallest absolute Gasteiger partial charge is 0.213 e. The fourth-order valence-corrected chi connectivity index (χ4v) is 3.07. The zero-order valence-electron chi connectivity index (χ0n) is 15.6. The van der Waals surface area contributed by atoms with E-state index in [-0.39, 0.29) is 6.10 Å². The lowest BCUT2D eigenvalue weighted by molar-refractivity contribution is 0.235. The molecule has 1 aromatic carbocycles. The zero-order chi connectivity index (χ0) is 18.5. The van der Waals surface area contributed by atoms with E-state index in [1.807, 2.05) is 30.5 Å². The summed E-state index contributed by atoms with van der Waals surface area (Å²) in [6.07, 6.45) is 5.47. The maximum atomic E-state index is 5.95. The lowest BCUT2D eigenvalue weighted by Crippen LogP contribution is -2.41. The molecule has 6 heteroatoms. The maximum absolute atomic E-state index is 5.95. The summed E-state index contributed by atoms with van der Waals surface area (Å²) in [6.45, 7) is 2.15. The summed E-state index contributed by atoms with van der Waals surface area (Å²) in [5.74, 6) is 3.18. The molecule has 1 fully saturated rings. The second kappa shape index (κ2) is 8.29. The normalized spacial score (nSPS) is 18.6. The zero-order valence-corrected chi connectivity index (χ0v) is 15.6. The molecule has 1 aliphatic heterocycles. The van der Waals surface area contributed by atoms with Gasteiger partial charge in [0.2, 0.25) is 5.88 Å². The van der Waals surface area contributed by atoms with Crippen LogP contribution >= 0.6 is 0 Å². The molecule has 27 heavy (non-hydrogen) atoms. The van der Waals surface area contributed by atoms with E-state index in [0.29, 0.717) is 19.0 Å². The first-order valence-corrected chi connectivity index (χ1v) is 9.57. The van der Waals surface area contributed by atoms with Crippen LogP contribution < -0.4 is 20.1 Å². The van der Waals surface area contributed by atoms with Crippen molar-refractivity contribution in [2.24, 2.45) is 10.9 Å². The van der Waals surface area contributed by atoms with E-state index in [2.05, 4.69) is 32.7 Å². The van der Waals surface area contributed by atoms with E-state index in [1.54, 1.807) is 7.05 Å². The Kier molecular flexibility index (Phi) is 5.42. The number of nitrogens with zero attached hydrogens (tertiary/aromatic N) is 2. The summed E-state index contributed by atoms with van der Waals surface area (Å²) in [4.78, 5) is 8.65. The van der Waals surface area contributed by atoms with E-state index < -0.39 is 0 Å². The van der Waals surface area contributed by atoms with Gasteiger partial charge < -0.3 is 20.1 Å². The molecule has 0 radical (unpaired) electrons. The van der Waals surface area contributed by atoms with Crippen molar-refractivity contribution in [2.75, 3.05) is 20.2 Å². The van der Waals surface area contributed by atoms with Crippen molar-refractivity contribution >= 4 is 5.96 Å². The Morgan fingerprint density at radius 1 is 1.22 bits per heavy atom. The number of rotatable bonds is 7. The van der Waals surface area contributed by atoms with Gasteiger partial charge in [-0.3, -0.25) is 4.99 Å². The van der Waals surface area contributed by atoms with Gasteiger partial charge in [0, 0.05) is 32.3 Å². The molecule has 2 aliphatic rings. The molecule has 1 aliphatic carbocycles. The van der Waals surface area contributed by atoms with Gasteiger partial charge in [-0.15, -0.1) is 0 Å². The highest BCUT2D eigenvalue weighted by atomic mass is 16.5. The predicted molar refractivity (Wildman–Crippen MR) is 105 cm³/mol. The van der Waals surface area contributed by atoms with Crippen LogP contribution in [0.3, 0.4) is 0 Å². The molecule has 0 spiro atoms. The highest BCUT2D eigenvalue weighted by Crippen LogP contribution is 2.29. The summed E-state index contributed by atoms with van der Waals surface area (Å²) in [7, 11) is 1.77. The van der Waals surface area contributed by atoms with E-state index in [0.717, 1.165) is 36.2 Å². The van der Waals surface area contributed by atoms with Gasteiger partial charge in [0.05, 0.1) is 13.2 Å². The second-order valence-corrected chi connectivity index (χ2v) is 7.12. The largest absolute Gasteiger partial charge is 0.488 e. The molecule has 2 heterocycles. The molecular weight excluding hydrogens is 340 g/mol. The second-order valence-electron chi connectivity index (χ2n) is 7.12. The van der Waals surface area contributed by atoms with Crippen LogP contribution in [0.1, 0.15) is 24.0 Å². The van der Waals surface area contributed by atoms with Crippen LogP contribution in [-0.2, 0) is 13.0 Å². The summed E-state index contributed by atoms with van der Waals surface area (Å²) in [6, 6.07) is 12.2. The Bertz CT molecular complexity index is 762. The number of hydrogen-bond donors (Lipinski definition) is 2. The van der Waals surface area contributed by atoms with Crippen molar-refractivity contribution in [3.05, 3.63) is 53.7 Å². The topological polar surface area (TPSA) is 67.8 Å². The number of hydrogen-bond acceptors (Lipinski definition) is 4. The van der Waals surface area contributed by atoms with Gasteiger partial charge in [0.25, 0.3) is 0 Å². The fraction of sp³-hybridized carbons (Fsp3) is 0.429. The van der Waals surface area contributed by atoms with E-state index in [1.165, 1.54) is 18.4 Å². The highest BCUT2D eigenvalue weighted by molar-refractivity contribution is 5.79. The number of guanidine groups is 1.